The summed E-state index contributed by atoms with van der Waals surface area (Å²) in [6, 6.07) is 6.72. The molecule has 0 aliphatic carbocycles. The molecule has 13 heavy (non-hydrogen) atoms. The average molecular weight is 175 g/mol. The van der Waals surface area contributed by atoms with Crippen molar-refractivity contribution in [1.29, 1.82) is 0 Å². The fourth-order valence-electron chi connectivity index (χ4n) is 1.94. The fourth-order valence-corrected chi connectivity index (χ4v) is 1.94. The second kappa shape index (κ2) is 3.82. The number of anilines is 1. The van der Waals surface area contributed by atoms with Crippen molar-refractivity contribution in [2.45, 2.75) is 32.6 Å². The van der Waals surface area contributed by atoms with Crippen molar-refractivity contribution in [2.75, 3.05) is 11.9 Å². The Kier molecular flexibility index (Phi) is 2.53. The average Bonchev–Trinajstić information content (AvgIpc) is 2.08. The third-order valence-corrected chi connectivity index (χ3v) is 2.70. The predicted octanol–water partition coefficient (Wildman–Crippen LogP) is 3.13. The highest BCUT2D eigenvalue weighted by Gasteiger charge is 2.05. The van der Waals surface area contributed by atoms with Crippen LogP contribution < -0.4 is 5.32 Å². The summed E-state index contributed by atoms with van der Waals surface area (Å²) in [6.45, 7) is 3.30. The molecule has 0 aromatic heterocycles. The van der Waals surface area contributed by atoms with Gasteiger partial charge in [-0.15, -0.1) is 0 Å². The van der Waals surface area contributed by atoms with Crippen molar-refractivity contribution < 1.29 is 0 Å². The Balaban J connectivity index is 2.28. The molecule has 1 aromatic rings. The molecule has 1 aliphatic rings. The molecule has 0 unspecified atom stereocenters. The standard InChI is InChI=1S/C12H17N/c1-10-6-7-12-11(9-10)5-3-2-4-8-13-12/h6-7,9,13H,2-5,8H2,1H3. The Bertz CT molecular complexity index is 291. The molecule has 70 valence electrons. The van der Waals surface area contributed by atoms with Gasteiger partial charge in [0.1, 0.15) is 0 Å². The van der Waals surface area contributed by atoms with Gasteiger partial charge >= 0.3 is 0 Å². The number of nitrogens with one attached hydrogen (secondary N) is 1. The number of fused-ring (bicyclic) bond motifs is 1. The van der Waals surface area contributed by atoms with E-state index < -0.39 is 0 Å². The van der Waals surface area contributed by atoms with Gasteiger partial charge < -0.3 is 5.32 Å². The van der Waals surface area contributed by atoms with Gasteiger partial charge in [-0.3, -0.25) is 0 Å². The minimum Gasteiger partial charge on any atom is -0.385 e. The maximum Gasteiger partial charge on any atom is 0.0372 e. The molecule has 1 aliphatic heterocycles. The van der Waals surface area contributed by atoms with Gasteiger partial charge in [-0.05, 0) is 37.8 Å². The molecule has 1 aromatic carbocycles. The zero-order valence-electron chi connectivity index (χ0n) is 8.27. The summed E-state index contributed by atoms with van der Waals surface area (Å²) in [5.74, 6) is 0. The van der Waals surface area contributed by atoms with Crippen LogP contribution >= 0.6 is 0 Å². The van der Waals surface area contributed by atoms with Crippen LogP contribution in [0.4, 0.5) is 5.69 Å². The van der Waals surface area contributed by atoms with Crippen molar-refractivity contribution in [2.24, 2.45) is 0 Å². The lowest BCUT2D eigenvalue weighted by atomic mass is 10.0. The zero-order valence-corrected chi connectivity index (χ0v) is 8.27. The van der Waals surface area contributed by atoms with Crippen LogP contribution in [0.3, 0.4) is 0 Å². The van der Waals surface area contributed by atoms with Gasteiger partial charge in [-0.25, -0.2) is 0 Å². The van der Waals surface area contributed by atoms with E-state index in [9.17, 15) is 0 Å². The summed E-state index contributed by atoms with van der Waals surface area (Å²) in [4.78, 5) is 0. The van der Waals surface area contributed by atoms with Gasteiger partial charge in [-0.2, -0.15) is 0 Å². The van der Waals surface area contributed by atoms with Crippen LogP contribution in [0, 0.1) is 6.92 Å². The number of aryl methyl sites for hydroxylation is 2. The van der Waals surface area contributed by atoms with E-state index in [0.29, 0.717) is 0 Å². The van der Waals surface area contributed by atoms with Gasteiger partial charge in [-0.1, -0.05) is 24.1 Å². The van der Waals surface area contributed by atoms with Gasteiger partial charge in [0.2, 0.25) is 0 Å². The Labute approximate surface area is 80.2 Å². The monoisotopic (exact) mass is 175 g/mol. The van der Waals surface area contributed by atoms with Crippen molar-refractivity contribution in [3.63, 3.8) is 0 Å². The largest absolute Gasteiger partial charge is 0.385 e. The summed E-state index contributed by atoms with van der Waals surface area (Å²) in [7, 11) is 0. The highest BCUT2D eigenvalue weighted by molar-refractivity contribution is 5.52. The topological polar surface area (TPSA) is 12.0 Å². The van der Waals surface area contributed by atoms with E-state index in [1.807, 2.05) is 0 Å². The van der Waals surface area contributed by atoms with E-state index in [0.717, 1.165) is 6.54 Å². The number of hydrogen-bond donors (Lipinski definition) is 1. The van der Waals surface area contributed by atoms with E-state index in [1.165, 1.54) is 42.5 Å². The van der Waals surface area contributed by atoms with Crippen molar-refractivity contribution >= 4 is 5.69 Å². The minimum absolute atomic E-state index is 1.13. The molecule has 0 bridgehead atoms. The third kappa shape index (κ3) is 2.03. The highest BCUT2D eigenvalue weighted by Crippen LogP contribution is 2.21. The molecular formula is C12H17N. The maximum absolute atomic E-state index is 3.49. The van der Waals surface area contributed by atoms with Crippen molar-refractivity contribution in [3.05, 3.63) is 29.3 Å². The number of rotatable bonds is 0. The first-order valence-corrected chi connectivity index (χ1v) is 5.20. The van der Waals surface area contributed by atoms with E-state index in [1.54, 1.807) is 0 Å². The molecule has 1 heterocycles. The first-order valence-electron chi connectivity index (χ1n) is 5.20. The Morgan fingerprint density at radius 2 is 2.08 bits per heavy atom. The van der Waals surface area contributed by atoms with Crippen molar-refractivity contribution in [3.8, 4) is 0 Å². The van der Waals surface area contributed by atoms with E-state index in [-0.39, 0.29) is 0 Å². The molecule has 0 amide bonds. The van der Waals surface area contributed by atoms with Crippen molar-refractivity contribution in [1.82, 2.24) is 0 Å². The first kappa shape index (κ1) is 8.61. The molecule has 2 rings (SSSR count). The molecular weight excluding hydrogens is 158 g/mol. The van der Waals surface area contributed by atoms with Crippen LogP contribution in [0.1, 0.15) is 30.4 Å². The molecule has 0 saturated carbocycles. The summed E-state index contributed by atoms with van der Waals surface area (Å²) in [5.41, 5.74) is 4.23. The van der Waals surface area contributed by atoms with E-state index >= 15 is 0 Å². The van der Waals surface area contributed by atoms with E-state index in [2.05, 4.69) is 30.4 Å². The summed E-state index contributed by atoms with van der Waals surface area (Å²) >= 11 is 0. The Morgan fingerprint density at radius 1 is 1.15 bits per heavy atom. The normalized spacial score (nSPS) is 16.7. The van der Waals surface area contributed by atoms with E-state index in [4.69, 9.17) is 0 Å². The molecule has 0 fully saturated rings. The lowest BCUT2D eigenvalue weighted by molar-refractivity contribution is 0.686. The SMILES string of the molecule is Cc1ccc2c(c1)CCCCCN2. The summed E-state index contributed by atoms with van der Waals surface area (Å²) in [5, 5.41) is 3.49. The summed E-state index contributed by atoms with van der Waals surface area (Å²) in [6.07, 6.45) is 5.26. The molecule has 1 heteroatoms. The molecule has 0 spiro atoms. The first-order chi connectivity index (χ1) is 6.36. The molecule has 1 N–H and O–H groups in total. The Hall–Kier alpha value is -0.980. The fraction of sp³-hybridized carbons (Fsp3) is 0.500. The maximum atomic E-state index is 3.49. The lowest BCUT2D eigenvalue weighted by Gasteiger charge is -2.16. The van der Waals surface area contributed by atoms with Gasteiger partial charge in [0.15, 0.2) is 0 Å². The van der Waals surface area contributed by atoms with Crippen LogP contribution in [0.25, 0.3) is 0 Å². The number of hydrogen-bond acceptors (Lipinski definition) is 1. The van der Waals surface area contributed by atoms with Crippen LogP contribution in [0.15, 0.2) is 18.2 Å². The van der Waals surface area contributed by atoms with Crippen LogP contribution in [0.2, 0.25) is 0 Å². The minimum atomic E-state index is 1.13. The zero-order chi connectivity index (χ0) is 9.10. The second-order valence-electron chi connectivity index (χ2n) is 3.90. The smallest absolute Gasteiger partial charge is 0.0372 e. The lowest BCUT2D eigenvalue weighted by Crippen LogP contribution is -2.07. The van der Waals surface area contributed by atoms with Crippen LogP contribution in [0.5, 0.6) is 0 Å². The van der Waals surface area contributed by atoms with Gasteiger partial charge in [0.25, 0.3) is 0 Å². The quantitative estimate of drug-likeness (QED) is 0.638. The second-order valence-corrected chi connectivity index (χ2v) is 3.90. The number of benzene rings is 1. The summed E-state index contributed by atoms with van der Waals surface area (Å²) < 4.78 is 0. The third-order valence-electron chi connectivity index (χ3n) is 2.70. The molecule has 0 saturated heterocycles. The molecule has 0 radical (unpaired) electrons. The van der Waals surface area contributed by atoms with Crippen LogP contribution in [-0.2, 0) is 6.42 Å². The molecule has 1 nitrogen and oxygen atoms in total. The Morgan fingerprint density at radius 3 is 3.00 bits per heavy atom. The van der Waals surface area contributed by atoms with Crippen LogP contribution in [-0.4, -0.2) is 6.54 Å². The van der Waals surface area contributed by atoms with Gasteiger partial charge in [0.05, 0.1) is 0 Å². The van der Waals surface area contributed by atoms with Gasteiger partial charge in [0, 0.05) is 12.2 Å². The molecule has 0 atom stereocenters. The predicted molar refractivity (Wildman–Crippen MR) is 57.2 cm³/mol. The highest BCUT2D eigenvalue weighted by atomic mass is 14.9.